The second-order valence-electron chi connectivity index (χ2n) is 5.99. The second kappa shape index (κ2) is 6.93. The molecular formula is C16H19N3O5S. The summed E-state index contributed by atoms with van der Waals surface area (Å²) in [6, 6.07) is -0.960. The molecule has 2 N–H and O–H groups in total. The first kappa shape index (κ1) is 17.6. The zero-order chi connectivity index (χ0) is 18.1. The van der Waals surface area contributed by atoms with E-state index in [0.717, 1.165) is 10.4 Å². The highest BCUT2D eigenvalue weighted by Crippen LogP contribution is 2.25. The standard InChI is InChI=1S/C16H19N3O5S/c1-8-9(2)25-15-13(8)14(21)17-11(18-15)3-4-12(20)19-5-6-24-7-10(19)16(22)23/h10H,3-7H2,1-2H3,(H,22,23)(H,17,18,21). The fourth-order valence-electron chi connectivity index (χ4n) is 2.89. The van der Waals surface area contributed by atoms with Crippen LogP contribution in [0, 0.1) is 13.8 Å². The predicted octanol–water partition coefficient (Wildman–Crippen LogP) is 0.846. The molecule has 0 radical (unpaired) electrons. The topological polar surface area (TPSA) is 113 Å². The van der Waals surface area contributed by atoms with E-state index in [-0.39, 0.29) is 37.5 Å². The number of ether oxygens (including phenoxy) is 1. The van der Waals surface area contributed by atoms with Crippen molar-refractivity contribution in [3.8, 4) is 0 Å². The number of carbonyl (C=O) groups excluding carboxylic acids is 1. The first-order chi connectivity index (χ1) is 11.9. The smallest absolute Gasteiger partial charge is 0.328 e. The molecule has 2 aromatic rings. The highest BCUT2D eigenvalue weighted by atomic mass is 32.1. The number of nitrogens with zero attached hydrogens (tertiary/aromatic N) is 2. The maximum atomic E-state index is 12.4. The van der Waals surface area contributed by atoms with Crippen LogP contribution in [-0.4, -0.2) is 57.7 Å². The van der Waals surface area contributed by atoms with E-state index in [0.29, 0.717) is 22.6 Å². The number of hydrogen-bond donors (Lipinski definition) is 2. The Morgan fingerprint density at radius 3 is 2.92 bits per heavy atom. The van der Waals surface area contributed by atoms with Crippen LogP contribution in [-0.2, 0) is 20.7 Å². The van der Waals surface area contributed by atoms with Crippen molar-refractivity contribution >= 4 is 33.4 Å². The summed E-state index contributed by atoms with van der Waals surface area (Å²) in [5, 5.41) is 9.79. The number of carbonyl (C=O) groups is 2. The number of aryl methyl sites for hydroxylation is 3. The van der Waals surface area contributed by atoms with E-state index in [1.165, 1.54) is 16.2 Å². The molecule has 1 unspecified atom stereocenters. The Morgan fingerprint density at radius 1 is 1.44 bits per heavy atom. The number of aliphatic carboxylic acids is 1. The number of aromatic nitrogens is 2. The van der Waals surface area contributed by atoms with Crippen LogP contribution in [0.2, 0.25) is 0 Å². The van der Waals surface area contributed by atoms with Crippen molar-refractivity contribution in [3.05, 3.63) is 26.6 Å². The summed E-state index contributed by atoms with van der Waals surface area (Å²) in [7, 11) is 0. The van der Waals surface area contributed by atoms with Crippen molar-refractivity contribution in [1.82, 2.24) is 14.9 Å². The molecule has 1 aliphatic heterocycles. The molecule has 1 aliphatic rings. The van der Waals surface area contributed by atoms with Crippen molar-refractivity contribution in [3.63, 3.8) is 0 Å². The van der Waals surface area contributed by atoms with Gasteiger partial charge in [-0.1, -0.05) is 0 Å². The van der Waals surface area contributed by atoms with Crippen molar-refractivity contribution in [2.24, 2.45) is 0 Å². The van der Waals surface area contributed by atoms with Crippen molar-refractivity contribution in [1.29, 1.82) is 0 Å². The largest absolute Gasteiger partial charge is 0.480 e. The number of carboxylic acid groups (broad SMARTS) is 1. The molecule has 1 amide bonds. The minimum atomic E-state index is -1.08. The van der Waals surface area contributed by atoms with Gasteiger partial charge in [0, 0.05) is 24.3 Å². The molecule has 1 fully saturated rings. The lowest BCUT2D eigenvalue weighted by molar-refractivity contribution is -0.158. The lowest BCUT2D eigenvalue weighted by Gasteiger charge is -2.32. The monoisotopic (exact) mass is 365 g/mol. The molecule has 0 aliphatic carbocycles. The highest BCUT2D eigenvalue weighted by Gasteiger charge is 2.32. The van der Waals surface area contributed by atoms with E-state index in [9.17, 15) is 19.5 Å². The number of rotatable bonds is 4. The lowest BCUT2D eigenvalue weighted by atomic mass is 10.2. The van der Waals surface area contributed by atoms with Gasteiger partial charge in [-0.3, -0.25) is 9.59 Å². The Morgan fingerprint density at radius 2 is 2.20 bits per heavy atom. The number of H-pyrrole nitrogens is 1. The van der Waals surface area contributed by atoms with E-state index in [1.807, 2.05) is 13.8 Å². The summed E-state index contributed by atoms with van der Waals surface area (Å²) in [4.78, 5) is 46.1. The number of nitrogens with one attached hydrogen (secondary N) is 1. The third-order valence-electron chi connectivity index (χ3n) is 4.40. The average Bonchev–Trinajstić information content (AvgIpc) is 2.87. The van der Waals surface area contributed by atoms with Crippen LogP contribution in [0.25, 0.3) is 10.2 Å². The molecule has 134 valence electrons. The number of hydrogen-bond acceptors (Lipinski definition) is 6. The molecule has 1 saturated heterocycles. The quantitative estimate of drug-likeness (QED) is 0.830. The van der Waals surface area contributed by atoms with Gasteiger partial charge in [-0.2, -0.15) is 0 Å². The molecule has 0 aromatic carbocycles. The zero-order valence-corrected chi connectivity index (χ0v) is 14.8. The summed E-state index contributed by atoms with van der Waals surface area (Å²) >= 11 is 1.45. The Bertz CT molecular complexity index is 888. The Hall–Kier alpha value is -2.26. The minimum Gasteiger partial charge on any atom is -0.480 e. The molecule has 3 heterocycles. The molecule has 0 bridgehead atoms. The number of morpholine rings is 1. The normalized spacial score (nSPS) is 17.8. The van der Waals surface area contributed by atoms with Crippen molar-refractivity contribution in [2.75, 3.05) is 19.8 Å². The Balaban J connectivity index is 1.75. The maximum Gasteiger partial charge on any atom is 0.328 e. The summed E-state index contributed by atoms with van der Waals surface area (Å²) in [5.41, 5.74) is 0.720. The SMILES string of the molecule is Cc1sc2nc(CCC(=O)N3CCOCC3C(=O)O)[nH]c(=O)c2c1C. The second-order valence-corrected chi connectivity index (χ2v) is 7.20. The fraction of sp³-hybridized carbons (Fsp3) is 0.500. The van der Waals surface area contributed by atoms with Crippen LogP contribution in [0.4, 0.5) is 0 Å². The maximum absolute atomic E-state index is 12.4. The molecule has 9 heteroatoms. The van der Waals surface area contributed by atoms with Crippen molar-refractivity contribution in [2.45, 2.75) is 32.7 Å². The summed E-state index contributed by atoms with van der Waals surface area (Å²) in [6.07, 6.45) is 0.339. The van der Waals surface area contributed by atoms with E-state index in [1.54, 1.807) is 0 Å². The van der Waals surface area contributed by atoms with Crippen LogP contribution in [0.1, 0.15) is 22.7 Å². The third kappa shape index (κ3) is 3.42. The van der Waals surface area contributed by atoms with Gasteiger partial charge in [0.05, 0.1) is 18.6 Å². The number of fused-ring (bicyclic) bond motifs is 1. The molecule has 8 nitrogen and oxygen atoms in total. The number of carboxylic acids is 1. The van der Waals surface area contributed by atoms with Gasteiger partial charge in [-0.15, -0.1) is 11.3 Å². The molecule has 1 atom stereocenters. The molecule has 2 aromatic heterocycles. The van der Waals surface area contributed by atoms with Crippen LogP contribution < -0.4 is 5.56 Å². The van der Waals surface area contributed by atoms with Crippen LogP contribution in [0.5, 0.6) is 0 Å². The van der Waals surface area contributed by atoms with Crippen LogP contribution >= 0.6 is 11.3 Å². The highest BCUT2D eigenvalue weighted by molar-refractivity contribution is 7.18. The third-order valence-corrected chi connectivity index (χ3v) is 5.50. The number of aromatic amines is 1. The molecule has 25 heavy (non-hydrogen) atoms. The van der Waals surface area contributed by atoms with Gasteiger partial charge in [-0.05, 0) is 19.4 Å². The Labute approximate surface area is 147 Å². The molecule has 0 spiro atoms. The van der Waals surface area contributed by atoms with E-state index < -0.39 is 12.0 Å². The van der Waals surface area contributed by atoms with Crippen LogP contribution in [0.15, 0.2) is 4.79 Å². The summed E-state index contributed by atoms with van der Waals surface area (Å²) in [5.74, 6) is -0.922. The van der Waals surface area contributed by atoms with E-state index >= 15 is 0 Å². The number of thiophene rings is 1. The first-order valence-electron chi connectivity index (χ1n) is 7.97. The number of amides is 1. The van der Waals surface area contributed by atoms with Crippen LogP contribution in [0.3, 0.4) is 0 Å². The summed E-state index contributed by atoms with van der Waals surface area (Å²) in [6.45, 7) is 4.40. The van der Waals surface area contributed by atoms with Gasteiger partial charge in [0.2, 0.25) is 5.91 Å². The van der Waals surface area contributed by atoms with Gasteiger partial charge in [-0.25, -0.2) is 9.78 Å². The van der Waals surface area contributed by atoms with Gasteiger partial charge >= 0.3 is 5.97 Å². The Kier molecular flexibility index (Phi) is 4.87. The van der Waals surface area contributed by atoms with Gasteiger partial charge in [0.25, 0.3) is 5.56 Å². The predicted molar refractivity (Wildman–Crippen MR) is 92.0 cm³/mol. The fourth-order valence-corrected chi connectivity index (χ4v) is 3.94. The van der Waals surface area contributed by atoms with Crippen molar-refractivity contribution < 1.29 is 19.4 Å². The lowest BCUT2D eigenvalue weighted by Crippen LogP contribution is -2.52. The zero-order valence-electron chi connectivity index (χ0n) is 14.0. The van der Waals surface area contributed by atoms with Gasteiger partial charge < -0.3 is 19.7 Å². The molecular weight excluding hydrogens is 346 g/mol. The first-order valence-corrected chi connectivity index (χ1v) is 8.79. The van der Waals surface area contributed by atoms with Gasteiger partial charge in [0.15, 0.2) is 6.04 Å². The minimum absolute atomic E-state index is 0.00410. The molecule has 0 saturated carbocycles. The van der Waals surface area contributed by atoms with E-state index in [2.05, 4.69) is 9.97 Å². The summed E-state index contributed by atoms with van der Waals surface area (Å²) < 4.78 is 5.13. The molecule has 3 rings (SSSR count). The average molecular weight is 365 g/mol. The van der Waals surface area contributed by atoms with E-state index in [4.69, 9.17) is 4.74 Å². The van der Waals surface area contributed by atoms with Gasteiger partial charge in [0.1, 0.15) is 10.7 Å².